The molecule has 0 atom stereocenters. The van der Waals surface area contributed by atoms with Gasteiger partial charge in [0.1, 0.15) is 5.82 Å². The fourth-order valence-corrected chi connectivity index (χ4v) is 0.803. The van der Waals surface area contributed by atoms with Crippen LogP contribution in [0.1, 0.15) is 5.56 Å². The van der Waals surface area contributed by atoms with Gasteiger partial charge in [0, 0.05) is 5.56 Å². The minimum absolute atomic E-state index is 0. The molecule has 3 nitrogen and oxygen atoms in total. The topological polar surface area (TPSA) is 64.4 Å². The molecular formula is C8H11ClFN3. The van der Waals surface area contributed by atoms with Crippen LogP contribution in [0.4, 0.5) is 4.39 Å². The van der Waals surface area contributed by atoms with Gasteiger partial charge >= 0.3 is 0 Å². The van der Waals surface area contributed by atoms with E-state index in [1.807, 2.05) is 0 Å². The first-order valence-corrected chi connectivity index (χ1v) is 3.49. The van der Waals surface area contributed by atoms with Crippen molar-refractivity contribution in [2.75, 3.05) is 0 Å². The summed E-state index contributed by atoms with van der Waals surface area (Å²) in [5, 5.41) is 0. The molecule has 0 aliphatic rings. The van der Waals surface area contributed by atoms with Gasteiger partial charge in [0.25, 0.3) is 0 Å². The maximum atomic E-state index is 12.9. The van der Waals surface area contributed by atoms with Crippen molar-refractivity contribution in [1.82, 2.24) is 0 Å². The van der Waals surface area contributed by atoms with Gasteiger partial charge in [-0.3, -0.25) is 0 Å². The number of hydrogen-bond donors (Lipinski definition) is 2. The molecule has 0 aliphatic carbocycles. The summed E-state index contributed by atoms with van der Waals surface area (Å²) in [4.78, 5) is 3.69. The van der Waals surface area contributed by atoms with E-state index in [4.69, 9.17) is 11.5 Å². The Labute approximate surface area is 82.1 Å². The first-order chi connectivity index (χ1) is 5.70. The zero-order chi connectivity index (χ0) is 8.97. The Bertz CT molecular complexity index is 297. The highest BCUT2D eigenvalue weighted by Crippen LogP contribution is 2.06. The van der Waals surface area contributed by atoms with Crippen LogP contribution in [0.25, 0.3) is 0 Å². The van der Waals surface area contributed by atoms with Crippen molar-refractivity contribution in [3.05, 3.63) is 35.6 Å². The van der Waals surface area contributed by atoms with Crippen molar-refractivity contribution < 1.29 is 4.39 Å². The number of guanidine groups is 1. The van der Waals surface area contributed by atoms with Crippen LogP contribution in [-0.4, -0.2) is 5.96 Å². The van der Waals surface area contributed by atoms with Crippen molar-refractivity contribution >= 4 is 18.4 Å². The average Bonchev–Trinajstić information content (AvgIpc) is 2.03. The van der Waals surface area contributed by atoms with Crippen LogP contribution >= 0.6 is 12.4 Å². The summed E-state index contributed by atoms with van der Waals surface area (Å²) in [7, 11) is 0. The molecule has 72 valence electrons. The normalized spacial score (nSPS) is 8.69. The van der Waals surface area contributed by atoms with Gasteiger partial charge in [-0.1, -0.05) is 18.2 Å². The second-order valence-electron chi connectivity index (χ2n) is 2.33. The molecule has 4 N–H and O–H groups in total. The van der Waals surface area contributed by atoms with Gasteiger partial charge < -0.3 is 11.5 Å². The fraction of sp³-hybridized carbons (Fsp3) is 0.125. The van der Waals surface area contributed by atoms with Gasteiger partial charge in [0.15, 0.2) is 5.96 Å². The van der Waals surface area contributed by atoms with E-state index in [1.54, 1.807) is 18.2 Å². The number of aliphatic imine (C=N–C) groups is 1. The molecular weight excluding hydrogens is 193 g/mol. The van der Waals surface area contributed by atoms with E-state index in [1.165, 1.54) is 6.07 Å². The van der Waals surface area contributed by atoms with Crippen molar-refractivity contribution in [2.45, 2.75) is 6.54 Å². The lowest BCUT2D eigenvalue weighted by molar-refractivity contribution is 0.611. The van der Waals surface area contributed by atoms with Crippen LogP contribution in [0.15, 0.2) is 29.3 Å². The van der Waals surface area contributed by atoms with Gasteiger partial charge in [-0.05, 0) is 6.07 Å². The maximum Gasteiger partial charge on any atom is 0.186 e. The Morgan fingerprint density at radius 2 is 1.92 bits per heavy atom. The largest absolute Gasteiger partial charge is 0.370 e. The molecule has 0 radical (unpaired) electrons. The minimum Gasteiger partial charge on any atom is -0.370 e. The van der Waals surface area contributed by atoms with E-state index >= 15 is 0 Å². The Morgan fingerprint density at radius 1 is 1.31 bits per heavy atom. The average molecular weight is 204 g/mol. The Hall–Kier alpha value is -1.29. The highest BCUT2D eigenvalue weighted by Gasteiger charge is 1.97. The third-order valence-electron chi connectivity index (χ3n) is 1.39. The second-order valence-corrected chi connectivity index (χ2v) is 2.33. The van der Waals surface area contributed by atoms with Gasteiger partial charge in [0.05, 0.1) is 6.54 Å². The molecule has 13 heavy (non-hydrogen) atoms. The van der Waals surface area contributed by atoms with E-state index in [2.05, 4.69) is 4.99 Å². The molecule has 0 aliphatic heterocycles. The Balaban J connectivity index is 0.00000144. The molecule has 0 unspecified atom stereocenters. The molecule has 0 fully saturated rings. The zero-order valence-electron chi connectivity index (χ0n) is 6.90. The fourth-order valence-electron chi connectivity index (χ4n) is 0.803. The lowest BCUT2D eigenvalue weighted by Gasteiger charge is -1.97. The summed E-state index contributed by atoms with van der Waals surface area (Å²) in [5.74, 6) is -0.319. The van der Waals surface area contributed by atoms with Gasteiger partial charge in [-0.15, -0.1) is 12.4 Å². The highest BCUT2D eigenvalue weighted by molar-refractivity contribution is 5.85. The number of halogens is 2. The van der Waals surface area contributed by atoms with Crippen LogP contribution in [0.2, 0.25) is 0 Å². The van der Waals surface area contributed by atoms with Gasteiger partial charge in [0.2, 0.25) is 0 Å². The lowest BCUT2D eigenvalue weighted by Crippen LogP contribution is -2.22. The minimum atomic E-state index is -0.289. The third-order valence-corrected chi connectivity index (χ3v) is 1.39. The van der Waals surface area contributed by atoms with Gasteiger partial charge in [-0.2, -0.15) is 0 Å². The summed E-state index contributed by atoms with van der Waals surface area (Å²) in [5.41, 5.74) is 10.7. The standard InChI is InChI=1S/C8H10FN3.ClH/c9-7-4-2-1-3-6(7)5-12-8(10)11;/h1-4H,5H2,(H4,10,11,12);1H. The van der Waals surface area contributed by atoms with E-state index in [0.29, 0.717) is 5.56 Å². The SMILES string of the molecule is Cl.NC(N)=NCc1ccccc1F. The Morgan fingerprint density at radius 3 is 2.46 bits per heavy atom. The first kappa shape index (κ1) is 11.7. The second kappa shape index (κ2) is 5.37. The van der Waals surface area contributed by atoms with Crippen LogP contribution in [-0.2, 0) is 6.54 Å². The summed E-state index contributed by atoms with van der Waals surface area (Å²) in [6.07, 6.45) is 0. The number of rotatable bonds is 2. The quantitative estimate of drug-likeness (QED) is 0.557. The number of nitrogens with two attached hydrogens (primary N) is 2. The van der Waals surface area contributed by atoms with E-state index in [0.717, 1.165) is 0 Å². The van der Waals surface area contributed by atoms with Gasteiger partial charge in [-0.25, -0.2) is 9.38 Å². The molecule has 0 saturated carbocycles. The molecule has 1 aromatic rings. The predicted molar refractivity (Wildman–Crippen MR) is 53.2 cm³/mol. The number of benzene rings is 1. The molecule has 0 spiro atoms. The molecule has 5 heteroatoms. The maximum absolute atomic E-state index is 12.9. The van der Waals surface area contributed by atoms with E-state index in [-0.39, 0.29) is 30.7 Å². The number of hydrogen-bond acceptors (Lipinski definition) is 1. The van der Waals surface area contributed by atoms with Crippen LogP contribution < -0.4 is 11.5 Å². The lowest BCUT2D eigenvalue weighted by atomic mass is 10.2. The molecule has 0 aromatic heterocycles. The molecule has 1 aromatic carbocycles. The van der Waals surface area contributed by atoms with Crippen LogP contribution in [0, 0.1) is 5.82 Å². The van der Waals surface area contributed by atoms with Crippen molar-refractivity contribution in [1.29, 1.82) is 0 Å². The zero-order valence-corrected chi connectivity index (χ0v) is 7.72. The highest BCUT2D eigenvalue weighted by atomic mass is 35.5. The summed E-state index contributed by atoms with van der Waals surface area (Å²) < 4.78 is 12.9. The Kier molecular flexibility index (Phi) is 4.84. The summed E-state index contributed by atoms with van der Waals surface area (Å²) in [6, 6.07) is 6.37. The first-order valence-electron chi connectivity index (χ1n) is 3.49. The molecule has 0 saturated heterocycles. The monoisotopic (exact) mass is 203 g/mol. The molecule has 0 amide bonds. The van der Waals surface area contributed by atoms with Crippen LogP contribution in [0.3, 0.4) is 0 Å². The summed E-state index contributed by atoms with van der Waals surface area (Å²) in [6.45, 7) is 0.189. The van der Waals surface area contributed by atoms with Crippen molar-refractivity contribution in [3.63, 3.8) is 0 Å². The van der Waals surface area contributed by atoms with E-state index < -0.39 is 0 Å². The molecule has 1 rings (SSSR count). The van der Waals surface area contributed by atoms with Crippen molar-refractivity contribution in [2.24, 2.45) is 16.5 Å². The van der Waals surface area contributed by atoms with Crippen molar-refractivity contribution in [3.8, 4) is 0 Å². The van der Waals surface area contributed by atoms with Crippen LogP contribution in [0.5, 0.6) is 0 Å². The van der Waals surface area contributed by atoms with E-state index in [9.17, 15) is 4.39 Å². The summed E-state index contributed by atoms with van der Waals surface area (Å²) >= 11 is 0. The number of nitrogens with zero attached hydrogens (tertiary/aromatic N) is 1. The predicted octanol–water partition coefficient (Wildman–Crippen LogP) is 1.02. The molecule has 0 heterocycles. The molecule has 0 bridgehead atoms. The smallest absolute Gasteiger partial charge is 0.186 e. The third kappa shape index (κ3) is 3.75.